The molecule has 0 aromatic rings. The van der Waals surface area contributed by atoms with Crippen molar-refractivity contribution in [1.29, 1.82) is 0 Å². The van der Waals surface area contributed by atoms with E-state index in [0.717, 1.165) is 19.0 Å². The van der Waals surface area contributed by atoms with Gasteiger partial charge >= 0.3 is 0 Å². The van der Waals surface area contributed by atoms with Gasteiger partial charge in [-0.15, -0.1) is 0 Å². The van der Waals surface area contributed by atoms with Crippen LogP contribution in [0.5, 0.6) is 0 Å². The van der Waals surface area contributed by atoms with E-state index in [0.29, 0.717) is 17.3 Å². The molecule has 2 bridgehead atoms. The minimum atomic E-state index is -2.96. The van der Waals surface area contributed by atoms with Crippen LogP contribution < -0.4 is 0 Å². The first-order valence-corrected chi connectivity index (χ1v) is 7.49. The highest BCUT2D eigenvalue weighted by molar-refractivity contribution is 7.88. The van der Waals surface area contributed by atoms with E-state index in [1.807, 2.05) is 0 Å². The van der Waals surface area contributed by atoms with Crippen LogP contribution in [0.25, 0.3) is 0 Å². The lowest BCUT2D eigenvalue weighted by Crippen LogP contribution is -2.59. The Bertz CT molecular complexity index is 343. The van der Waals surface area contributed by atoms with E-state index in [-0.39, 0.29) is 0 Å². The maximum Gasteiger partial charge on any atom is 0.211 e. The number of hydrogen-bond donors (Lipinski definition) is 0. The molecule has 3 nitrogen and oxygen atoms in total. The van der Waals surface area contributed by atoms with E-state index in [1.54, 1.807) is 4.31 Å². The van der Waals surface area contributed by atoms with E-state index in [1.165, 1.54) is 12.7 Å². The Morgan fingerprint density at radius 3 is 1.93 bits per heavy atom. The van der Waals surface area contributed by atoms with Gasteiger partial charge in [-0.1, -0.05) is 20.8 Å². The molecule has 3 fully saturated rings. The van der Waals surface area contributed by atoms with Crippen LogP contribution in [0.2, 0.25) is 0 Å². The highest BCUT2D eigenvalue weighted by atomic mass is 32.2. The molecule has 0 radical (unpaired) electrons. The zero-order chi connectivity index (χ0) is 11.4. The van der Waals surface area contributed by atoms with Crippen molar-refractivity contribution in [3.05, 3.63) is 0 Å². The lowest BCUT2D eigenvalue weighted by atomic mass is 9.53. The number of nitrogens with zero attached hydrogens (tertiary/aromatic N) is 1. The second-order valence-corrected chi connectivity index (χ2v) is 8.21. The van der Waals surface area contributed by atoms with Crippen molar-refractivity contribution in [3.8, 4) is 0 Å². The summed E-state index contributed by atoms with van der Waals surface area (Å²) in [6, 6.07) is 0. The summed E-state index contributed by atoms with van der Waals surface area (Å²) in [5, 5.41) is 0. The molecule has 0 amide bonds. The number of fused-ring (bicyclic) bond motifs is 2. The molecule has 88 valence electrons. The first-order valence-electron chi connectivity index (χ1n) is 5.64. The van der Waals surface area contributed by atoms with Crippen molar-refractivity contribution < 1.29 is 8.42 Å². The van der Waals surface area contributed by atoms with Crippen LogP contribution >= 0.6 is 0 Å². The van der Waals surface area contributed by atoms with Crippen molar-refractivity contribution in [2.24, 2.45) is 23.2 Å². The third kappa shape index (κ3) is 1.94. The monoisotopic (exact) mass is 231 g/mol. The van der Waals surface area contributed by atoms with E-state index < -0.39 is 10.0 Å². The summed E-state index contributed by atoms with van der Waals surface area (Å²) in [4.78, 5) is 0. The minimum absolute atomic E-state index is 0.331. The Balaban J connectivity index is 2.09. The summed E-state index contributed by atoms with van der Waals surface area (Å²) in [6.07, 6.45) is 2.55. The maximum atomic E-state index is 11.4. The van der Waals surface area contributed by atoms with Gasteiger partial charge in [0.25, 0.3) is 0 Å². The van der Waals surface area contributed by atoms with E-state index in [9.17, 15) is 8.42 Å². The molecule has 2 atom stereocenters. The van der Waals surface area contributed by atoms with Crippen LogP contribution in [0.1, 0.15) is 27.2 Å². The summed E-state index contributed by atoms with van der Waals surface area (Å²) in [5.74, 6) is 1.91. The third-order valence-corrected chi connectivity index (χ3v) is 5.20. The normalized spacial score (nSPS) is 37.5. The fraction of sp³-hybridized carbons (Fsp3) is 1.00. The molecule has 2 saturated heterocycles. The molecule has 0 spiro atoms. The van der Waals surface area contributed by atoms with Crippen LogP contribution in [-0.4, -0.2) is 32.1 Å². The number of hydrogen-bond acceptors (Lipinski definition) is 2. The predicted molar refractivity (Wildman–Crippen MR) is 61.0 cm³/mol. The average molecular weight is 231 g/mol. The predicted octanol–water partition coefficient (Wildman–Crippen LogP) is 1.56. The molecular weight excluding hydrogens is 210 g/mol. The van der Waals surface area contributed by atoms with Crippen LogP contribution in [-0.2, 0) is 10.0 Å². The molecule has 0 aromatic heterocycles. The molecule has 2 unspecified atom stereocenters. The Morgan fingerprint density at radius 1 is 1.13 bits per heavy atom. The molecule has 0 N–H and O–H groups in total. The highest BCUT2D eigenvalue weighted by Gasteiger charge is 2.52. The van der Waals surface area contributed by atoms with Gasteiger partial charge in [-0.3, -0.25) is 0 Å². The van der Waals surface area contributed by atoms with Gasteiger partial charge in [-0.05, 0) is 29.6 Å². The van der Waals surface area contributed by atoms with Gasteiger partial charge in [-0.2, -0.15) is 0 Å². The molecule has 2 aliphatic heterocycles. The standard InChI is InChI=1S/C11H21NO2S/c1-11(2,3)10-8-5-9(10)7-12(6-8)15(4,13)14/h8-10H,5-7H2,1-4H3. The SMILES string of the molecule is CC(C)(C)C1C2CC1CN(S(C)(=O)=O)C2. The smallest absolute Gasteiger partial charge is 0.211 e. The Morgan fingerprint density at radius 2 is 1.60 bits per heavy atom. The Labute approximate surface area is 92.9 Å². The molecule has 2 heterocycles. The lowest BCUT2D eigenvalue weighted by Gasteiger charge is -2.57. The number of sulfonamides is 1. The van der Waals surface area contributed by atoms with Crippen molar-refractivity contribution >= 4 is 10.0 Å². The van der Waals surface area contributed by atoms with Crippen LogP contribution in [0, 0.1) is 23.2 Å². The second-order valence-electron chi connectivity index (χ2n) is 6.23. The quantitative estimate of drug-likeness (QED) is 0.687. The third-order valence-electron chi connectivity index (χ3n) is 3.97. The van der Waals surface area contributed by atoms with Crippen LogP contribution in [0.15, 0.2) is 0 Å². The van der Waals surface area contributed by atoms with Gasteiger partial charge in [0.1, 0.15) is 0 Å². The van der Waals surface area contributed by atoms with Crippen molar-refractivity contribution in [1.82, 2.24) is 4.31 Å². The number of rotatable bonds is 1. The summed E-state index contributed by atoms with van der Waals surface area (Å²) in [6.45, 7) is 8.31. The largest absolute Gasteiger partial charge is 0.213 e. The summed E-state index contributed by atoms with van der Waals surface area (Å²) in [5.41, 5.74) is 0.331. The van der Waals surface area contributed by atoms with E-state index in [2.05, 4.69) is 20.8 Å². The fourth-order valence-corrected chi connectivity index (χ4v) is 4.45. The van der Waals surface area contributed by atoms with E-state index in [4.69, 9.17) is 0 Å². The van der Waals surface area contributed by atoms with Gasteiger partial charge in [0.2, 0.25) is 10.0 Å². The van der Waals surface area contributed by atoms with Crippen molar-refractivity contribution in [2.45, 2.75) is 27.2 Å². The molecule has 1 saturated carbocycles. The maximum absolute atomic E-state index is 11.4. The van der Waals surface area contributed by atoms with Gasteiger partial charge in [-0.25, -0.2) is 12.7 Å². The van der Waals surface area contributed by atoms with Gasteiger partial charge < -0.3 is 0 Å². The first kappa shape index (κ1) is 11.4. The molecule has 3 rings (SSSR count). The van der Waals surface area contributed by atoms with Gasteiger partial charge in [0.05, 0.1) is 6.26 Å². The van der Waals surface area contributed by atoms with Crippen LogP contribution in [0.3, 0.4) is 0 Å². The lowest BCUT2D eigenvalue weighted by molar-refractivity contribution is -0.0722. The van der Waals surface area contributed by atoms with Crippen molar-refractivity contribution in [2.75, 3.05) is 19.3 Å². The molecule has 15 heavy (non-hydrogen) atoms. The minimum Gasteiger partial charge on any atom is -0.213 e. The molecular formula is C11H21NO2S. The average Bonchev–Trinajstić information content (AvgIpc) is 1.99. The Hall–Kier alpha value is -0.0900. The zero-order valence-corrected chi connectivity index (χ0v) is 10.8. The van der Waals surface area contributed by atoms with Gasteiger partial charge in [0.15, 0.2) is 0 Å². The van der Waals surface area contributed by atoms with E-state index >= 15 is 0 Å². The first-order chi connectivity index (χ1) is 6.69. The molecule has 3 aliphatic rings. The van der Waals surface area contributed by atoms with Crippen molar-refractivity contribution in [3.63, 3.8) is 0 Å². The summed E-state index contributed by atoms with van der Waals surface area (Å²) >= 11 is 0. The second kappa shape index (κ2) is 3.20. The molecule has 1 aliphatic carbocycles. The highest BCUT2D eigenvalue weighted by Crippen LogP contribution is 2.53. The molecule has 4 heteroatoms. The topological polar surface area (TPSA) is 37.4 Å². The molecule has 0 aromatic carbocycles. The summed E-state index contributed by atoms with van der Waals surface area (Å²) in [7, 11) is -2.96. The van der Waals surface area contributed by atoms with Gasteiger partial charge in [0, 0.05) is 13.1 Å². The van der Waals surface area contributed by atoms with Crippen LogP contribution in [0.4, 0.5) is 0 Å². The number of piperidine rings is 2. The zero-order valence-electron chi connectivity index (χ0n) is 10.0. The Kier molecular flexibility index (Phi) is 2.43. The fourth-order valence-electron chi connectivity index (χ4n) is 3.53. The summed E-state index contributed by atoms with van der Waals surface area (Å²) < 4.78 is 24.5.